The molecule has 0 spiro atoms. The molecule has 1 aliphatic rings. The molecule has 5 nitrogen and oxygen atoms in total. The van der Waals surface area contributed by atoms with Crippen molar-refractivity contribution in [3.05, 3.63) is 24.3 Å². The zero-order chi connectivity index (χ0) is 15.4. The summed E-state index contributed by atoms with van der Waals surface area (Å²) in [4.78, 5) is 7.17. The normalized spacial score (nSPS) is 17.2. The van der Waals surface area contributed by atoms with Crippen LogP contribution in [0.2, 0.25) is 0 Å². The van der Waals surface area contributed by atoms with Gasteiger partial charge in [-0.3, -0.25) is 0 Å². The SMILES string of the molecule is CCOCCn1c(NC2CCN(C)CC2)nc2ccccc21. The summed E-state index contributed by atoms with van der Waals surface area (Å²) in [5, 5.41) is 3.66. The first kappa shape index (κ1) is 15.3. The first-order chi connectivity index (χ1) is 10.8. The lowest BCUT2D eigenvalue weighted by Crippen LogP contribution is -2.37. The molecule has 2 aromatic rings. The molecule has 0 atom stereocenters. The molecule has 2 heterocycles. The highest BCUT2D eigenvalue weighted by atomic mass is 16.5. The second-order valence-electron chi connectivity index (χ2n) is 5.99. The maximum Gasteiger partial charge on any atom is 0.204 e. The van der Waals surface area contributed by atoms with Crippen LogP contribution in [0.15, 0.2) is 24.3 Å². The van der Waals surface area contributed by atoms with Gasteiger partial charge in [0.2, 0.25) is 5.95 Å². The first-order valence-corrected chi connectivity index (χ1v) is 8.26. The van der Waals surface area contributed by atoms with E-state index < -0.39 is 0 Å². The Morgan fingerprint density at radius 3 is 2.82 bits per heavy atom. The molecule has 0 saturated carbocycles. The van der Waals surface area contributed by atoms with Gasteiger partial charge in [-0.25, -0.2) is 4.98 Å². The zero-order valence-corrected chi connectivity index (χ0v) is 13.6. The van der Waals surface area contributed by atoms with E-state index in [9.17, 15) is 0 Å². The van der Waals surface area contributed by atoms with Gasteiger partial charge >= 0.3 is 0 Å². The number of hydrogen-bond donors (Lipinski definition) is 1. The molecule has 1 aromatic carbocycles. The number of para-hydroxylation sites is 2. The van der Waals surface area contributed by atoms with Crippen molar-refractivity contribution in [2.45, 2.75) is 32.4 Å². The minimum atomic E-state index is 0.513. The molecule has 5 heteroatoms. The molecule has 0 radical (unpaired) electrons. The fourth-order valence-corrected chi connectivity index (χ4v) is 3.05. The van der Waals surface area contributed by atoms with E-state index >= 15 is 0 Å². The van der Waals surface area contributed by atoms with Crippen LogP contribution in [-0.2, 0) is 11.3 Å². The summed E-state index contributed by atoms with van der Waals surface area (Å²) < 4.78 is 7.79. The lowest BCUT2D eigenvalue weighted by molar-refractivity contribution is 0.140. The van der Waals surface area contributed by atoms with Crippen molar-refractivity contribution >= 4 is 17.0 Å². The molecule has 0 unspecified atom stereocenters. The van der Waals surface area contributed by atoms with E-state index in [1.54, 1.807) is 0 Å². The van der Waals surface area contributed by atoms with E-state index in [1.165, 1.54) is 18.4 Å². The molecular formula is C17H26N4O. The van der Waals surface area contributed by atoms with Crippen molar-refractivity contribution in [1.82, 2.24) is 14.5 Å². The number of nitrogens with zero attached hydrogens (tertiary/aromatic N) is 3. The fraction of sp³-hybridized carbons (Fsp3) is 0.588. The smallest absolute Gasteiger partial charge is 0.204 e. The number of rotatable bonds is 6. The first-order valence-electron chi connectivity index (χ1n) is 8.26. The van der Waals surface area contributed by atoms with Crippen LogP contribution in [-0.4, -0.2) is 53.8 Å². The molecule has 3 rings (SSSR count). The quantitative estimate of drug-likeness (QED) is 0.833. The van der Waals surface area contributed by atoms with Gasteiger partial charge < -0.3 is 19.5 Å². The number of imidazole rings is 1. The molecule has 1 fully saturated rings. The number of hydrogen-bond acceptors (Lipinski definition) is 4. The van der Waals surface area contributed by atoms with Crippen LogP contribution >= 0.6 is 0 Å². The fourth-order valence-electron chi connectivity index (χ4n) is 3.05. The number of nitrogens with one attached hydrogen (secondary N) is 1. The van der Waals surface area contributed by atoms with Crippen molar-refractivity contribution < 1.29 is 4.74 Å². The van der Waals surface area contributed by atoms with Gasteiger partial charge in [0.1, 0.15) is 0 Å². The Kier molecular flexibility index (Phi) is 4.95. The third-order valence-corrected chi connectivity index (χ3v) is 4.37. The average Bonchev–Trinajstić information content (AvgIpc) is 2.88. The van der Waals surface area contributed by atoms with Crippen molar-refractivity contribution in [3.63, 3.8) is 0 Å². The molecular weight excluding hydrogens is 276 g/mol. The Bertz CT molecular complexity index is 602. The summed E-state index contributed by atoms with van der Waals surface area (Å²) in [6, 6.07) is 8.83. The van der Waals surface area contributed by atoms with E-state index in [0.29, 0.717) is 6.04 Å². The maximum absolute atomic E-state index is 5.53. The van der Waals surface area contributed by atoms with Crippen molar-refractivity contribution in [2.75, 3.05) is 38.7 Å². The number of ether oxygens (including phenoxy) is 1. The van der Waals surface area contributed by atoms with Crippen LogP contribution < -0.4 is 5.32 Å². The van der Waals surface area contributed by atoms with Gasteiger partial charge in [-0.15, -0.1) is 0 Å². The number of anilines is 1. The largest absolute Gasteiger partial charge is 0.380 e. The topological polar surface area (TPSA) is 42.3 Å². The highest BCUT2D eigenvalue weighted by Gasteiger charge is 2.19. The number of piperidine rings is 1. The lowest BCUT2D eigenvalue weighted by atomic mass is 10.1. The molecule has 120 valence electrons. The predicted molar refractivity (Wildman–Crippen MR) is 90.4 cm³/mol. The highest BCUT2D eigenvalue weighted by molar-refractivity contribution is 5.78. The molecule has 22 heavy (non-hydrogen) atoms. The second-order valence-corrected chi connectivity index (χ2v) is 5.99. The van der Waals surface area contributed by atoms with E-state index in [4.69, 9.17) is 9.72 Å². The summed E-state index contributed by atoms with van der Waals surface area (Å²) in [5.74, 6) is 0.982. The Balaban J connectivity index is 1.79. The third-order valence-electron chi connectivity index (χ3n) is 4.37. The van der Waals surface area contributed by atoms with E-state index in [1.807, 2.05) is 13.0 Å². The Labute approximate surface area is 132 Å². The molecule has 1 aliphatic heterocycles. The molecule has 1 aromatic heterocycles. The monoisotopic (exact) mass is 302 g/mol. The lowest BCUT2D eigenvalue weighted by Gasteiger charge is -2.29. The maximum atomic E-state index is 5.53. The summed E-state index contributed by atoms with van der Waals surface area (Å²) in [7, 11) is 2.19. The van der Waals surface area contributed by atoms with Crippen LogP contribution in [0, 0.1) is 0 Å². The zero-order valence-electron chi connectivity index (χ0n) is 13.6. The summed E-state index contributed by atoms with van der Waals surface area (Å²) in [5.41, 5.74) is 2.23. The van der Waals surface area contributed by atoms with Crippen molar-refractivity contribution in [3.8, 4) is 0 Å². The molecule has 1 saturated heterocycles. The van der Waals surface area contributed by atoms with Gasteiger partial charge in [-0.2, -0.15) is 0 Å². The second kappa shape index (κ2) is 7.11. The predicted octanol–water partition coefficient (Wildman–Crippen LogP) is 2.58. The molecule has 0 amide bonds. The Morgan fingerprint density at radius 1 is 1.27 bits per heavy atom. The minimum Gasteiger partial charge on any atom is -0.380 e. The van der Waals surface area contributed by atoms with Gasteiger partial charge in [0.25, 0.3) is 0 Å². The molecule has 0 bridgehead atoms. The number of aromatic nitrogens is 2. The number of fused-ring (bicyclic) bond motifs is 1. The van der Waals surface area contributed by atoms with Crippen LogP contribution in [0.5, 0.6) is 0 Å². The summed E-state index contributed by atoms with van der Waals surface area (Å²) >= 11 is 0. The van der Waals surface area contributed by atoms with Gasteiger partial charge in [0.15, 0.2) is 0 Å². The summed E-state index contributed by atoms with van der Waals surface area (Å²) in [6.07, 6.45) is 2.34. The standard InChI is InChI=1S/C17H26N4O/c1-3-22-13-12-21-16-7-5-4-6-15(16)19-17(21)18-14-8-10-20(2)11-9-14/h4-7,14H,3,8-13H2,1-2H3,(H,18,19). The van der Waals surface area contributed by atoms with Gasteiger partial charge in [-0.1, -0.05) is 12.1 Å². The summed E-state index contributed by atoms with van der Waals surface area (Å²) in [6.45, 7) is 6.64. The van der Waals surface area contributed by atoms with E-state index in [0.717, 1.165) is 44.3 Å². The Hall–Kier alpha value is -1.59. The average molecular weight is 302 g/mol. The highest BCUT2D eigenvalue weighted by Crippen LogP contribution is 2.22. The van der Waals surface area contributed by atoms with Crippen LogP contribution in [0.1, 0.15) is 19.8 Å². The van der Waals surface area contributed by atoms with Crippen LogP contribution in [0.4, 0.5) is 5.95 Å². The molecule has 1 N–H and O–H groups in total. The van der Waals surface area contributed by atoms with Gasteiger partial charge in [0, 0.05) is 19.2 Å². The third kappa shape index (κ3) is 3.42. The van der Waals surface area contributed by atoms with E-state index in [-0.39, 0.29) is 0 Å². The van der Waals surface area contributed by atoms with Crippen LogP contribution in [0.25, 0.3) is 11.0 Å². The van der Waals surface area contributed by atoms with Crippen LogP contribution in [0.3, 0.4) is 0 Å². The van der Waals surface area contributed by atoms with Gasteiger partial charge in [-0.05, 0) is 52.0 Å². The van der Waals surface area contributed by atoms with E-state index in [2.05, 4.69) is 40.0 Å². The minimum absolute atomic E-state index is 0.513. The number of benzene rings is 1. The Morgan fingerprint density at radius 2 is 2.05 bits per heavy atom. The molecule has 0 aliphatic carbocycles. The van der Waals surface area contributed by atoms with Crippen molar-refractivity contribution in [2.24, 2.45) is 0 Å². The number of likely N-dealkylation sites (tertiary alicyclic amines) is 1. The van der Waals surface area contributed by atoms with Crippen molar-refractivity contribution in [1.29, 1.82) is 0 Å². The van der Waals surface area contributed by atoms with Gasteiger partial charge in [0.05, 0.1) is 17.6 Å².